The molecular formula is C15H13ClFNO. The van der Waals surface area contributed by atoms with E-state index in [1.54, 1.807) is 18.5 Å². The lowest BCUT2D eigenvalue weighted by Crippen LogP contribution is -2.05. The van der Waals surface area contributed by atoms with E-state index in [-0.39, 0.29) is 12.2 Å². The van der Waals surface area contributed by atoms with Gasteiger partial charge in [0.25, 0.3) is 0 Å². The first-order valence-electron chi connectivity index (χ1n) is 5.99. The number of aryl methyl sites for hydroxylation is 1. The zero-order valence-electron chi connectivity index (χ0n) is 10.3. The van der Waals surface area contributed by atoms with Crippen LogP contribution in [0.5, 0.6) is 0 Å². The van der Waals surface area contributed by atoms with Gasteiger partial charge in [0.1, 0.15) is 11.6 Å². The summed E-state index contributed by atoms with van der Waals surface area (Å²) in [7, 11) is 0. The number of pyridine rings is 1. The number of aromatic nitrogens is 1. The number of halogens is 2. The molecule has 4 heteroatoms. The Balaban J connectivity index is 1.91. The fourth-order valence-corrected chi connectivity index (χ4v) is 2.03. The minimum Gasteiger partial charge on any atom is -0.299 e. The summed E-state index contributed by atoms with van der Waals surface area (Å²) in [5, 5.41) is 0.303. The molecule has 0 atom stereocenters. The normalized spacial score (nSPS) is 10.4. The zero-order chi connectivity index (χ0) is 13.7. The second kappa shape index (κ2) is 6.43. The van der Waals surface area contributed by atoms with Crippen molar-refractivity contribution in [3.05, 3.63) is 64.7 Å². The Labute approximate surface area is 116 Å². The van der Waals surface area contributed by atoms with Crippen LogP contribution in [0.1, 0.15) is 17.5 Å². The monoisotopic (exact) mass is 277 g/mol. The fraction of sp³-hybridized carbons (Fsp3) is 0.200. The van der Waals surface area contributed by atoms with Crippen molar-refractivity contribution in [1.82, 2.24) is 4.98 Å². The minimum absolute atomic E-state index is 0.0883. The molecule has 0 bridgehead atoms. The van der Waals surface area contributed by atoms with Crippen LogP contribution < -0.4 is 0 Å². The first kappa shape index (κ1) is 13.7. The summed E-state index contributed by atoms with van der Waals surface area (Å²) >= 11 is 5.89. The molecule has 2 rings (SSSR count). The number of hydrogen-bond donors (Lipinski definition) is 0. The van der Waals surface area contributed by atoms with Crippen molar-refractivity contribution < 1.29 is 9.18 Å². The van der Waals surface area contributed by atoms with Gasteiger partial charge in [-0.05, 0) is 41.8 Å². The van der Waals surface area contributed by atoms with Crippen molar-refractivity contribution in [2.45, 2.75) is 19.3 Å². The van der Waals surface area contributed by atoms with Gasteiger partial charge in [-0.1, -0.05) is 17.7 Å². The van der Waals surface area contributed by atoms with Gasteiger partial charge in [0.15, 0.2) is 0 Å². The largest absolute Gasteiger partial charge is 0.299 e. The van der Waals surface area contributed by atoms with E-state index in [1.165, 1.54) is 12.1 Å². The number of rotatable bonds is 5. The molecule has 2 aromatic rings. The molecule has 0 amide bonds. The van der Waals surface area contributed by atoms with Crippen LogP contribution in [0, 0.1) is 5.82 Å². The summed E-state index contributed by atoms with van der Waals surface area (Å²) in [6.07, 6.45) is 4.77. The van der Waals surface area contributed by atoms with E-state index in [0.717, 1.165) is 5.56 Å². The molecule has 0 radical (unpaired) electrons. The molecule has 1 aromatic heterocycles. The van der Waals surface area contributed by atoms with Gasteiger partial charge in [0.05, 0.1) is 0 Å². The maximum Gasteiger partial charge on any atom is 0.137 e. The highest BCUT2D eigenvalue weighted by Crippen LogP contribution is 2.18. The van der Waals surface area contributed by atoms with Crippen LogP contribution in [-0.2, 0) is 17.6 Å². The Kier molecular flexibility index (Phi) is 4.63. The van der Waals surface area contributed by atoms with Crippen molar-refractivity contribution in [1.29, 1.82) is 0 Å². The van der Waals surface area contributed by atoms with E-state index in [0.29, 0.717) is 23.4 Å². The molecule has 0 saturated carbocycles. The lowest BCUT2D eigenvalue weighted by Gasteiger charge is -2.04. The number of Topliss-reactive ketones (excluding diaryl/α,β-unsaturated/α-hetero) is 1. The molecule has 98 valence electrons. The number of ketones is 1. The third kappa shape index (κ3) is 4.14. The number of hydrogen-bond acceptors (Lipinski definition) is 2. The number of carbonyl (C=O) groups is 1. The van der Waals surface area contributed by atoms with Gasteiger partial charge in [-0.2, -0.15) is 0 Å². The lowest BCUT2D eigenvalue weighted by molar-refractivity contribution is -0.118. The summed E-state index contributed by atoms with van der Waals surface area (Å²) in [5.74, 6) is -0.302. The predicted molar refractivity (Wildman–Crippen MR) is 72.7 cm³/mol. The van der Waals surface area contributed by atoms with Crippen molar-refractivity contribution in [3.63, 3.8) is 0 Å². The van der Waals surface area contributed by atoms with E-state index in [9.17, 15) is 9.18 Å². The third-order valence-electron chi connectivity index (χ3n) is 2.84. The lowest BCUT2D eigenvalue weighted by atomic mass is 10.0. The smallest absolute Gasteiger partial charge is 0.137 e. The van der Waals surface area contributed by atoms with E-state index in [2.05, 4.69) is 4.98 Å². The van der Waals surface area contributed by atoms with Crippen LogP contribution in [0.4, 0.5) is 4.39 Å². The fourth-order valence-electron chi connectivity index (χ4n) is 1.80. The number of nitrogens with zero attached hydrogens (tertiary/aromatic N) is 1. The molecule has 0 aliphatic carbocycles. The van der Waals surface area contributed by atoms with Crippen molar-refractivity contribution in [3.8, 4) is 0 Å². The average molecular weight is 278 g/mol. The first-order chi connectivity index (χ1) is 9.15. The van der Waals surface area contributed by atoms with E-state index < -0.39 is 5.82 Å². The van der Waals surface area contributed by atoms with Crippen LogP contribution in [-0.4, -0.2) is 10.8 Å². The molecule has 0 saturated heterocycles. The second-order valence-electron chi connectivity index (χ2n) is 4.31. The summed E-state index contributed by atoms with van der Waals surface area (Å²) in [6, 6.07) is 7.88. The van der Waals surface area contributed by atoms with E-state index in [4.69, 9.17) is 11.6 Å². The quantitative estimate of drug-likeness (QED) is 0.835. The summed E-state index contributed by atoms with van der Waals surface area (Å²) in [5.41, 5.74) is 1.75. The van der Waals surface area contributed by atoms with Crippen LogP contribution in [0.15, 0.2) is 42.7 Å². The van der Waals surface area contributed by atoms with Gasteiger partial charge in [0, 0.05) is 30.3 Å². The van der Waals surface area contributed by atoms with Crippen LogP contribution in [0.25, 0.3) is 0 Å². The Hall–Kier alpha value is -1.74. The summed E-state index contributed by atoms with van der Waals surface area (Å²) in [4.78, 5) is 15.8. The van der Waals surface area contributed by atoms with Gasteiger partial charge >= 0.3 is 0 Å². The highest BCUT2D eigenvalue weighted by atomic mass is 35.5. The minimum atomic E-state index is -0.391. The van der Waals surface area contributed by atoms with Crippen LogP contribution >= 0.6 is 11.6 Å². The Bertz CT molecular complexity index is 572. The molecule has 1 aromatic carbocycles. The number of carbonyl (C=O) groups excluding carboxylic acids is 1. The standard InChI is InChI=1S/C15H13ClFNO/c16-15-10-13(17)3-2-12(15)9-14(19)4-1-11-5-7-18-8-6-11/h2-3,5-8,10H,1,4,9H2. The van der Waals surface area contributed by atoms with Gasteiger partial charge in [0.2, 0.25) is 0 Å². The Morgan fingerprint density at radius 1 is 1.21 bits per heavy atom. The first-order valence-corrected chi connectivity index (χ1v) is 6.37. The van der Waals surface area contributed by atoms with E-state index >= 15 is 0 Å². The summed E-state index contributed by atoms with van der Waals surface area (Å²) < 4.78 is 12.9. The molecule has 0 unspecified atom stereocenters. The number of benzene rings is 1. The maximum absolute atomic E-state index is 12.9. The van der Waals surface area contributed by atoms with E-state index in [1.807, 2.05) is 12.1 Å². The molecule has 0 aliphatic rings. The molecule has 1 heterocycles. The Morgan fingerprint density at radius 2 is 1.95 bits per heavy atom. The third-order valence-corrected chi connectivity index (χ3v) is 3.20. The average Bonchev–Trinajstić information content (AvgIpc) is 2.41. The molecular weight excluding hydrogens is 265 g/mol. The molecule has 19 heavy (non-hydrogen) atoms. The maximum atomic E-state index is 12.9. The van der Waals surface area contributed by atoms with Crippen LogP contribution in [0.3, 0.4) is 0 Å². The van der Waals surface area contributed by atoms with Crippen molar-refractivity contribution in [2.75, 3.05) is 0 Å². The van der Waals surface area contributed by atoms with Gasteiger partial charge in [-0.25, -0.2) is 4.39 Å². The summed E-state index contributed by atoms with van der Waals surface area (Å²) in [6.45, 7) is 0. The molecule has 0 N–H and O–H groups in total. The SMILES string of the molecule is O=C(CCc1ccncc1)Cc1ccc(F)cc1Cl. The van der Waals surface area contributed by atoms with Crippen molar-refractivity contribution in [2.24, 2.45) is 0 Å². The molecule has 0 fully saturated rings. The van der Waals surface area contributed by atoms with Gasteiger partial charge in [-0.15, -0.1) is 0 Å². The highest BCUT2D eigenvalue weighted by molar-refractivity contribution is 6.31. The predicted octanol–water partition coefficient (Wildman–Crippen LogP) is 3.62. The second-order valence-corrected chi connectivity index (χ2v) is 4.71. The van der Waals surface area contributed by atoms with Gasteiger partial charge in [-0.3, -0.25) is 9.78 Å². The highest BCUT2D eigenvalue weighted by Gasteiger charge is 2.08. The van der Waals surface area contributed by atoms with Gasteiger partial charge < -0.3 is 0 Å². The molecule has 0 aliphatic heterocycles. The Morgan fingerprint density at radius 3 is 2.63 bits per heavy atom. The topological polar surface area (TPSA) is 30.0 Å². The zero-order valence-corrected chi connectivity index (χ0v) is 11.0. The van der Waals surface area contributed by atoms with Crippen molar-refractivity contribution >= 4 is 17.4 Å². The molecule has 2 nitrogen and oxygen atoms in total. The van der Waals surface area contributed by atoms with Crippen LogP contribution in [0.2, 0.25) is 5.02 Å². The molecule has 0 spiro atoms.